The van der Waals surface area contributed by atoms with Crippen molar-refractivity contribution in [2.24, 2.45) is 0 Å². The highest BCUT2D eigenvalue weighted by atomic mass is 32.2. The Kier molecular flexibility index (Phi) is 2.70. The van der Waals surface area contributed by atoms with E-state index in [1.807, 2.05) is 0 Å². The predicted molar refractivity (Wildman–Crippen MR) is 61.0 cm³/mol. The summed E-state index contributed by atoms with van der Waals surface area (Å²) in [5.41, 5.74) is 2.47. The Bertz CT molecular complexity index is 340. The second kappa shape index (κ2) is 3.83. The molecule has 1 aliphatic heterocycles. The van der Waals surface area contributed by atoms with Gasteiger partial charge in [-0.1, -0.05) is 6.07 Å². The largest absolute Gasteiger partial charge is 0.395 e. The summed E-state index contributed by atoms with van der Waals surface area (Å²) in [6.45, 7) is 4.43. The van der Waals surface area contributed by atoms with Crippen LogP contribution in [0.15, 0.2) is 23.1 Å². The minimum absolute atomic E-state index is 0.228. The van der Waals surface area contributed by atoms with Crippen molar-refractivity contribution >= 4 is 17.4 Å². The molecule has 3 heteroatoms. The molecule has 0 aliphatic carbocycles. The van der Waals surface area contributed by atoms with Gasteiger partial charge in [-0.25, -0.2) is 0 Å². The van der Waals surface area contributed by atoms with Gasteiger partial charge in [0.1, 0.15) is 0 Å². The molecule has 0 fully saturated rings. The molecule has 0 amide bonds. The quantitative estimate of drug-likeness (QED) is 0.744. The molecule has 2 unspecified atom stereocenters. The number of benzene rings is 1. The fraction of sp³-hybridized carbons (Fsp3) is 0.455. The Hall–Kier alpha value is -0.670. The molecule has 0 saturated heterocycles. The zero-order chi connectivity index (χ0) is 10.1. The Morgan fingerprint density at radius 2 is 2.29 bits per heavy atom. The molecule has 2 N–H and O–H groups in total. The van der Waals surface area contributed by atoms with Crippen LogP contribution in [-0.2, 0) is 0 Å². The molecule has 2 atom stereocenters. The summed E-state index contributed by atoms with van der Waals surface area (Å²) in [5, 5.41) is 12.9. The molecule has 1 aromatic carbocycles. The van der Waals surface area contributed by atoms with Gasteiger partial charge in [0.2, 0.25) is 0 Å². The van der Waals surface area contributed by atoms with E-state index in [4.69, 9.17) is 0 Å². The molecule has 0 bridgehead atoms. The topological polar surface area (TPSA) is 32.3 Å². The van der Waals surface area contributed by atoms with Crippen molar-refractivity contribution in [3.8, 4) is 0 Å². The maximum Gasteiger partial charge on any atom is 0.0573 e. The highest BCUT2D eigenvalue weighted by Crippen LogP contribution is 2.37. The molecule has 1 heterocycles. The number of rotatable bonds is 1. The summed E-state index contributed by atoms with van der Waals surface area (Å²) in [7, 11) is 0. The number of anilines is 1. The average Bonchev–Trinajstić information content (AvgIpc) is 2.16. The Morgan fingerprint density at radius 3 is 3.00 bits per heavy atom. The number of hydrogen-bond donors (Lipinski definition) is 2. The minimum atomic E-state index is 0.228. The van der Waals surface area contributed by atoms with Gasteiger partial charge in [-0.2, -0.15) is 0 Å². The zero-order valence-corrected chi connectivity index (χ0v) is 9.27. The second-order valence-electron chi connectivity index (χ2n) is 3.77. The SMILES string of the molecule is Cc1ccc2c(c1)NC(C)C(CO)S2. The summed E-state index contributed by atoms with van der Waals surface area (Å²) in [6.07, 6.45) is 0. The molecule has 2 rings (SSSR count). The lowest BCUT2D eigenvalue weighted by atomic mass is 10.1. The molecule has 76 valence electrons. The first-order chi connectivity index (χ1) is 6.70. The summed E-state index contributed by atoms with van der Waals surface area (Å²) < 4.78 is 0. The molecule has 0 aromatic heterocycles. The minimum Gasteiger partial charge on any atom is -0.395 e. The van der Waals surface area contributed by atoms with Gasteiger partial charge in [0.05, 0.1) is 11.9 Å². The van der Waals surface area contributed by atoms with Gasteiger partial charge in [-0.3, -0.25) is 0 Å². The van der Waals surface area contributed by atoms with E-state index in [2.05, 4.69) is 37.4 Å². The average molecular weight is 209 g/mol. The van der Waals surface area contributed by atoms with Crippen LogP contribution >= 0.6 is 11.8 Å². The molecule has 0 radical (unpaired) electrons. The summed E-state index contributed by atoms with van der Waals surface area (Å²) in [6, 6.07) is 6.72. The fourth-order valence-corrected chi connectivity index (χ4v) is 2.72. The van der Waals surface area contributed by atoms with Gasteiger partial charge in [0, 0.05) is 16.6 Å². The van der Waals surface area contributed by atoms with Gasteiger partial charge in [-0.15, -0.1) is 11.8 Å². The van der Waals surface area contributed by atoms with Crippen molar-refractivity contribution in [3.05, 3.63) is 23.8 Å². The van der Waals surface area contributed by atoms with Gasteiger partial charge in [0.25, 0.3) is 0 Å². The van der Waals surface area contributed by atoms with Crippen LogP contribution in [0.25, 0.3) is 0 Å². The molecule has 14 heavy (non-hydrogen) atoms. The fourth-order valence-electron chi connectivity index (χ4n) is 1.66. The smallest absolute Gasteiger partial charge is 0.0573 e. The van der Waals surface area contributed by atoms with Crippen LogP contribution in [0, 0.1) is 6.92 Å². The van der Waals surface area contributed by atoms with Crippen molar-refractivity contribution in [1.29, 1.82) is 0 Å². The van der Waals surface area contributed by atoms with Gasteiger partial charge in [-0.05, 0) is 31.5 Å². The Labute approximate surface area is 88.7 Å². The number of thioether (sulfide) groups is 1. The lowest BCUT2D eigenvalue weighted by molar-refractivity contribution is 0.287. The summed E-state index contributed by atoms with van der Waals surface area (Å²) >= 11 is 1.76. The molecule has 0 saturated carbocycles. The number of aliphatic hydroxyl groups is 1. The van der Waals surface area contributed by atoms with Crippen molar-refractivity contribution in [1.82, 2.24) is 0 Å². The van der Waals surface area contributed by atoms with E-state index in [0.29, 0.717) is 6.04 Å². The molecular weight excluding hydrogens is 194 g/mol. The monoisotopic (exact) mass is 209 g/mol. The van der Waals surface area contributed by atoms with E-state index in [-0.39, 0.29) is 11.9 Å². The second-order valence-corrected chi connectivity index (χ2v) is 5.05. The van der Waals surface area contributed by atoms with Crippen LogP contribution in [0.2, 0.25) is 0 Å². The third-order valence-corrected chi connectivity index (χ3v) is 4.00. The third kappa shape index (κ3) is 1.74. The zero-order valence-electron chi connectivity index (χ0n) is 8.45. The van der Waals surface area contributed by atoms with Crippen molar-refractivity contribution in [2.45, 2.75) is 30.0 Å². The summed E-state index contributed by atoms with van der Waals surface area (Å²) in [5.74, 6) is 0. The standard InChI is InChI=1S/C11H15NOS/c1-7-3-4-10-9(5-7)12-8(2)11(6-13)14-10/h3-5,8,11-13H,6H2,1-2H3. The van der Waals surface area contributed by atoms with E-state index in [1.165, 1.54) is 16.1 Å². The lowest BCUT2D eigenvalue weighted by Crippen LogP contribution is -2.34. The van der Waals surface area contributed by atoms with Crippen molar-refractivity contribution < 1.29 is 5.11 Å². The van der Waals surface area contributed by atoms with E-state index in [1.54, 1.807) is 11.8 Å². The number of aliphatic hydroxyl groups excluding tert-OH is 1. The maximum atomic E-state index is 9.18. The maximum absolute atomic E-state index is 9.18. The Morgan fingerprint density at radius 1 is 1.50 bits per heavy atom. The number of fused-ring (bicyclic) bond motifs is 1. The van der Waals surface area contributed by atoms with Crippen LogP contribution in [0.3, 0.4) is 0 Å². The van der Waals surface area contributed by atoms with E-state index >= 15 is 0 Å². The molecule has 0 spiro atoms. The van der Waals surface area contributed by atoms with Crippen LogP contribution in [-0.4, -0.2) is 23.0 Å². The first-order valence-electron chi connectivity index (χ1n) is 4.85. The van der Waals surface area contributed by atoms with Crippen LogP contribution < -0.4 is 5.32 Å². The summed E-state index contributed by atoms with van der Waals surface area (Å²) in [4.78, 5) is 1.24. The Balaban J connectivity index is 2.30. The van der Waals surface area contributed by atoms with E-state index in [9.17, 15) is 5.11 Å². The van der Waals surface area contributed by atoms with Crippen molar-refractivity contribution in [2.75, 3.05) is 11.9 Å². The van der Waals surface area contributed by atoms with Gasteiger partial charge < -0.3 is 10.4 Å². The molecular formula is C11H15NOS. The van der Waals surface area contributed by atoms with Crippen LogP contribution in [0.5, 0.6) is 0 Å². The lowest BCUT2D eigenvalue weighted by Gasteiger charge is -2.30. The van der Waals surface area contributed by atoms with E-state index < -0.39 is 0 Å². The first kappa shape index (κ1) is 9.87. The number of aryl methyl sites for hydroxylation is 1. The normalized spacial score (nSPS) is 25.4. The van der Waals surface area contributed by atoms with Gasteiger partial charge in [0.15, 0.2) is 0 Å². The third-order valence-electron chi connectivity index (χ3n) is 2.53. The molecule has 1 aliphatic rings. The highest BCUT2D eigenvalue weighted by molar-refractivity contribution is 8.00. The van der Waals surface area contributed by atoms with Crippen LogP contribution in [0.1, 0.15) is 12.5 Å². The number of hydrogen-bond acceptors (Lipinski definition) is 3. The van der Waals surface area contributed by atoms with Crippen molar-refractivity contribution in [3.63, 3.8) is 0 Å². The highest BCUT2D eigenvalue weighted by Gasteiger charge is 2.24. The molecule has 2 nitrogen and oxygen atoms in total. The number of nitrogens with one attached hydrogen (secondary N) is 1. The van der Waals surface area contributed by atoms with E-state index in [0.717, 1.165) is 0 Å². The molecule has 1 aromatic rings. The predicted octanol–water partition coefficient (Wildman–Crippen LogP) is 2.26. The van der Waals surface area contributed by atoms with Gasteiger partial charge >= 0.3 is 0 Å². The van der Waals surface area contributed by atoms with Crippen LogP contribution in [0.4, 0.5) is 5.69 Å². The first-order valence-corrected chi connectivity index (χ1v) is 5.73.